The summed E-state index contributed by atoms with van der Waals surface area (Å²) in [5.74, 6) is -0.0251. The van der Waals surface area contributed by atoms with Crippen LogP contribution in [-0.4, -0.2) is 19.7 Å². The largest absolute Gasteiger partial charge is 0.506 e. The van der Waals surface area contributed by atoms with Crippen molar-refractivity contribution in [1.29, 1.82) is 0 Å². The van der Waals surface area contributed by atoms with Crippen LogP contribution < -0.4 is 4.83 Å². The zero-order chi connectivity index (χ0) is 17.2. The molecule has 0 bridgehead atoms. The van der Waals surface area contributed by atoms with Crippen LogP contribution in [0.1, 0.15) is 16.7 Å². The van der Waals surface area contributed by atoms with E-state index in [2.05, 4.69) is 41.8 Å². The molecule has 2 aromatic carbocycles. The molecule has 0 spiro atoms. The van der Waals surface area contributed by atoms with Crippen LogP contribution in [0.2, 0.25) is 0 Å². The van der Waals surface area contributed by atoms with E-state index in [0.29, 0.717) is 15.6 Å². The number of hydrogen-bond acceptors (Lipinski definition) is 4. The second-order valence-electron chi connectivity index (χ2n) is 4.95. The molecular formula is C15H14Br2N2O3S. The van der Waals surface area contributed by atoms with Crippen molar-refractivity contribution in [1.82, 2.24) is 4.83 Å². The van der Waals surface area contributed by atoms with Gasteiger partial charge in [0.05, 0.1) is 15.6 Å². The topological polar surface area (TPSA) is 78.8 Å². The van der Waals surface area contributed by atoms with Gasteiger partial charge in [-0.2, -0.15) is 13.5 Å². The Morgan fingerprint density at radius 3 is 2.57 bits per heavy atom. The summed E-state index contributed by atoms with van der Waals surface area (Å²) in [7, 11) is -3.77. The molecule has 2 aromatic rings. The first-order valence-corrected chi connectivity index (χ1v) is 9.58. The number of aromatic hydroxyl groups is 1. The lowest BCUT2D eigenvalue weighted by Crippen LogP contribution is -2.19. The van der Waals surface area contributed by atoms with Crippen molar-refractivity contribution in [3.63, 3.8) is 0 Å². The number of hydrazone groups is 1. The number of nitrogens with one attached hydrogen (secondary N) is 1. The zero-order valence-electron chi connectivity index (χ0n) is 12.3. The molecular weight excluding hydrogens is 448 g/mol. The molecule has 0 fully saturated rings. The SMILES string of the molecule is Cc1ccc(C)c(S(=O)(=O)NN=Cc2cc(Br)cc(Br)c2O)c1. The Morgan fingerprint density at radius 1 is 1.17 bits per heavy atom. The van der Waals surface area contributed by atoms with Crippen molar-refractivity contribution in [3.8, 4) is 5.75 Å². The fourth-order valence-electron chi connectivity index (χ4n) is 1.90. The number of aryl methyl sites for hydroxylation is 2. The number of sulfonamides is 1. The van der Waals surface area contributed by atoms with E-state index in [-0.39, 0.29) is 10.6 Å². The average molecular weight is 462 g/mol. The van der Waals surface area contributed by atoms with Gasteiger partial charge in [-0.15, -0.1) is 0 Å². The third-order valence-corrected chi connectivity index (χ3v) is 5.49. The van der Waals surface area contributed by atoms with Gasteiger partial charge in [-0.05, 0) is 59.1 Å². The molecule has 122 valence electrons. The summed E-state index contributed by atoms with van der Waals surface area (Å²) < 4.78 is 25.8. The predicted octanol–water partition coefficient (Wildman–Crippen LogP) is 3.85. The molecule has 2 rings (SSSR count). The maximum Gasteiger partial charge on any atom is 0.276 e. The standard InChI is InChI=1S/C15H14Br2N2O3S/c1-9-3-4-10(2)14(5-9)23(21,22)19-18-8-11-6-12(16)7-13(17)15(11)20/h3-8,19-20H,1-2H3. The highest BCUT2D eigenvalue weighted by Crippen LogP contribution is 2.30. The van der Waals surface area contributed by atoms with Gasteiger partial charge in [0.1, 0.15) is 5.75 Å². The van der Waals surface area contributed by atoms with Crippen LogP contribution in [0.3, 0.4) is 0 Å². The second kappa shape index (κ2) is 7.02. The molecule has 0 unspecified atom stereocenters. The summed E-state index contributed by atoms with van der Waals surface area (Å²) in [5, 5.41) is 13.7. The van der Waals surface area contributed by atoms with Gasteiger partial charge in [0.25, 0.3) is 10.0 Å². The van der Waals surface area contributed by atoms with Gasteiger partial charge < -0.3 is 5.11 Å². The number of hydrogen-bond donors (Lipinski definition) is 2. The van der Waals surface area contributed by atoms with E-state index in [0.717, 1.165) is 10.0 Å². The fraction of sp³-hybridized carbons (Fsp3) is 0.133. The highest BCUT2D eigenvalue weighted by Gasteiger charge is 2.16. The molecule has 0 heterocycles. The normalized spacial score (nSPS) is 11.8. The van der Waals surface area contributed by atoms with Gasteiger partial charge in [0.2, 0.25) is 0 Å². The summed E-state index contributed by atoms with van der Waals surface area (Å²) in [5.41, 5.74) is 1.84. The van der Waals surface area contributed by atoms with Crippen molar-refractivity contribution in [3.05, 3.63) is 56.0 Å². The first kappa shape index (κ1) is 18.0. The highest BCUT2D eigenvalue weighted by atomic mass is 79.9. The molecule has 0 saturated carbocycles. The van der Waals surface area contributed by atoms with E-state index in [4.69, 9.17) is 0 Å². The molecule has 0 aliphatic carbocycles. The van der Waals surface area contributed by atoms with Gasteiger partial charge in [0.15, 0.2) is 0 Å². The molecule has 8 heteroatoms. The second-order valence-corrected chi connectivity index (χ2v) is 8.35. The molecule has 0 aliphatic heterocycles. The minimum Gasteiger partial charge on any atom is -0.506 e. The maximum atomic E-state index is 12.3. The molecule has 2 N–H and O–H groups in total. The number of halogens is 2. The van der Waals surface area contributed by atoms with Crippen LogP contribution in [0.15, 0.2) is 49.3 Å². The molecule has 5 nitrogen and oxygen atoms in total. The number of phenols is 1. The predicted molar refractivity (Wildman–Crippen MR) is 97.3 cm³/mol. The van der Waals surface area contributed by atoms with Gasteiger partial charge in [-0.3, -0.25) is 0 Å². The molecule has 0 saturated heterocycles. The average Bonchev–Trinajstić information content (AvgIpc) is 2.46. The Bertz CT molecular complexity index is 881. The summed E-state index contributed by atoms with van der Waals surface area (Å²) >= 11 is 6.49. The molecule has 0 aliphatic rings. The number of rotatable bonds is 4. The monoisotopic (exact) mass is 460 g/mol. The molecule has 0 aromatic heterocycles. The quantitative estimate of drug-likeness (QED) is 0.536. The zero-order valence-corrected chi connectivity index (χ0v) is 16.3. The number of phenolic OH excluding ortho intramolecular Hbond substituents is 1. The van der Waals surface area contributed by atoms with Crippen LogP contribution in [0.5, 0.6) is 5.75 Å². The van der Waals surface area contributed by atoms with Crippen molar-refractivity contribution in [2.45, 2.75) is 18.7 Å². The highest BCUT2D eigenvalue weighted by molar-refractivity contribution is 9.11. The third kappa shape index (κ3) is 4.33. The van der Waals surface area contributed by atoms with Crippen LogP contribution in [0.4, 0.5) is 0 Å². The van der Waals surface area contributed by atoms with E-state index < -0.39 is 10.0 Å². The van der Waals surface area contributed by atoms with Crippen LogP contribution in [0, 0.1) is 13.8 Å². The van der Waals surface area contributed by atoms with Gasteiger partial charge >= 0.3 is 0 Å². The Kier molecular flexibility index (Phi) is 5.49. The van der Waals surface area contributed by atoms with Gasteiger partial charge in [0, 0.05) is 10.0 Å². The Morgan fingerprint density at radius 2 is 1.87 bits per heavy atom. The summed E-state index contributed by atoms with van der Waals surface area (Å²) in [6, 6.07) is 8.46. The van der Waals surface area contributed by atoms with Crippen molar-refractivity contribution in [2.75, 3.05) is 0 Å². The lowest BCUT2D eigenvalue weighted by molar-refractivity contribution is 0.471. The van der Waals surface area contributed by atoms with Crippen LogP contribution in [0.25, 0.3) is 0 Å². The minimum atomic E-state index is -3.77. The van der Waals surface area contributed by atoms with Crippen LogP contribution >= 0.6 is 31.9 Å². The summed E-state index contributed by atoms with van der Waals surface area (Å²) in [6.45, 7) is 3.54. The van der Waals surface area contributed by atoms with E-state index in [1.165, 1.54) is 6.21 Å². The number of benzene rings is 2. The molecule has 0 amide bonds. The van der Waals surface area contributed by atoms with E-state index in [1.54, 1.807) is 31.2 Å². The van der Waals surface area contributed by atoms with Gasteiger partial charge in [-0.1, -0.05) is 28.1 Å². The first-order valence-electron chi connectivity index (χ1n) is 6.51. The molecule has 0 atom stereocenters. The Hall–Kier alpha value is -1.38. The van der Waals surface area contributed by atoms with Gasteiger partial charge in [-0.25, -0.2) is 4.83 Å². The van der Waals surface area contributed by atoms with E-state index >= 15 is 0 Å². The van der Waals surface area contributed by atoms with Crippen molar-refractivity contribution >= 4 is 48.1 Å². The summed E-state index contributed by atoms with van der Waals surface area (Å²) in [6.07, 6.45) is 1.24. The van der Waals surface area contributed by atoms with Crippen LogP contribution in [-0.2, 0) is 10.0 Å². The molecule has 0 radical (unpaired) electrons. The lowest BCUT2D eigenvalue weighted by atomic mass is 10.2. The summed E-state index contributed by atoms with van der Waals surface area (Å²) in [4.78, 5) is 2.33. The molecule has 23 heavy (non-hydrogen) atoms. The number of nitrogens with zero attached hydrogens (tertiary/aromatic N) is 1. The van der Waals surface area contributed by atoms with E-state index in [1.807, 2.05) is 13.0 Å². The smallest absolute Gasteiger partial charge is 0.276 e. The lowest BCUT2D eigenvalue weighted by Gasteiger charge is -2.08. The minimum absolute atomic E-state index is 0.0251. The van der Waals surface area contributed by atoms with E-state index in [9.17, 15) is 13.5 Å². The van der Waals surface area contributed by atoms with Crippen molar-refractivity contribution < 1.29 is 13.5 Å². The maximum absolute atomic E-state index is 12.3. The first-order chi connectivity index (χ1) is 10.7. The van der Waals surface area contributed by atoms with Crippen molar-refractivity contribution in [2.24, 2.45) is 5.10 Å². The fourth-order valence-corrected chi connectivity index (χ4v) is 4.28. The Labute approximate surface area is 151 Å². The third-order valence-electron chi connectivity index (χ3n) is 3.07. The Balaban J connectivity index is 2.28.